The van der Waals surface area contributed by atoms with Crippen LogP contribution >= 0.6 is 15.9 Å². The molecule has 1 saturated heterocycles. The molecule has 2 unspecified atom stereocenters. The van der Waals surface area contributed by atoms with Gasteiger partial charge in [0.05, 0.1) is 12.1 Å². The van der Waals surface area contributed by atoms with Gasteiger partial charge in [0.25, 0.3) is 0 Å². The zero-order chi connectivity index (χ0) is 13.9. The molecule has 0 aliphatic carbocycles. The molecule has 3 nitrogen and oxygen atoms in total. The lowest BCUT2D eigenvalue weighted by atomic mass is 10.1. The lowest BCUT2D eigenvalue weighted by Gasteiger charge is -2.13. The number of fused-ring (bicyclic) bond motifs is 1. The molecule has 2 aromatic rings. The van der Waals surface area contributed by atoms with E-state index in [-0.39, 0.29) is 6.04 Å². The molecule has 0 spiro atoms. The molecule has 1 aliphatic heterocycles. The minimum absolute atomic E-state index is 0.225. The fraction of sp³-hybridized carbons (Fsp3) is 0.500. The Morgan fingerprint density at radius 2 is 2.30 bits per heavy atom. The zero-order valence-corrected chi connectivity index (χ0v) is 13.3. The number of ether oxygens (including phenoxy) is 1. The van der Waals surface area contributed by atoms with E-state index >= 15 is 0 Å². The summed E-state index contributed by atoms with van der Waals surface area (Å²) in [6.07, 6.45) is 3.94. The van der Waals surface area contributed by atoms with Gasteiger partial charge in [-0.3, -0.25) is 0 Å². The number of furan rings is 1. The molecule has 0 saturated carbocycles. The third-order valence-electron chi connectivity index (χ3n) is 3.87. The van der Waals surface area contributed by atoms with Gasteiger partial charge in [-0.15, -0.1) is 0 Å². The van der Waals surface area contributed by atoms with E-state index in [1.165, 1.54) is 12.8 Å². The normalized spacial score (nSPS) is 20.6. The third-order valence-corrected chi connectivity index (χ3v) is 4.36. The molecule has 2 heterocycles. The van der Waals surface area contributed by atoms with E-state index in [9.17, 15) is 0 Å². The van der Waals surface area contributed by atoms with Crippen molar-refractivity contribution >= 4 is 26.9 Å². The van der Waals surface area contributed by atoms with Crippen molar-refractivity contribution in [3.8, 4) is 0 Å². The largest absolute Gasteiger partial charge is 0.459 e. The van der Waals surface area contributed by atoms with Gasteiger partial charge in [-0.05, 0) is 57.0 Å². The molecule has 3 rings (SSSR count). The van der Waals surface area contributed by atoms with Crippen LogP contribution < -0.4 is 5.32 Å². The van der Waals surface area contributed by atoms with Gasteiger partial charge in [-0.25, -0.2) is 0 Å². The summed E-state index contributed by atoms with van der Waals surface area (Å²) in [4.78, 5) is 0. The number of hydrogen-bond donors (Lipinski definition) is 1. The highest BCUT2D eigenvalue weighted by Gasteiger charge is 2.16. The summed E-state index contributed by atoms with van der Waals surface area (Å²) in [5.74, 6) is 0.991. The maximum Gasteiger partial charge on any atom is 0.134 e. The molecule has 0 bridgehead atoms. The Balaban J connectivity index is 1.58. The third kappa shape index (κ3) is 3.25. The van der Waals surface area contributed by atoms with Crippen molar-refractivity contribution in [1.29, 1.82) is 0 Å². The zero-order valence-electron chi connectivity index (χ0n) is 11.7. The molecule has 4 heteroatoms. The van der Waals surface area contributed by atoms with Gasteiger partial charge in [0.15, 0.2) is 0 Å². The van der Waals surface area contributed by atoms with Crippen molar-refractivity contribution in [2.75, 3.05) is 13.2 Å². The van der Waals surface area contributed by atoms with Crippen LogP contribution in [0.5, 0.6) is 0 Å². The summed E-state index contributed by atoms with van der Waals surface area (Å²) in [6.45, 7) is 4.04. The van der Waals surface area contributed by atoms with Crippen LogP contribution in [0.4, 0.5) is 0 Å². The fourth-order valence-electron chi connectivity index (χ4n) is 2.68. The van der Waals surface area contributed by atoms with Crippen molar-refractivity contribution in [3.05, 3.63) is 34.5 Å². The Morgan fingerprint density at radius 3 is 3.10 bits per heavy atom. The Hall–Kier alpha value is -0.840. The predicted octanol–water partition coefficient (Wildman–Crippen LogP) is 4.42. The summed E-state index contributed by atoms with van der Waals surface area (Å²) in [5, 5.41) is 4.66. The topological polar surface area (TPSA) is 34.4 Å². The lowest BCUT2D eigenvalue weighted by Crippen LogP contribution is -2.23. The van der Waals surface area contributed by atoms with Crippen LogP contribution in [-0.2, 0) is 4.74 Å². The van der Waals surface area contributed by atoms with Crippen LogP contribution in [0.1, 0.15) is 38.0 Å². The Bertz CT molecular complexity index is 575. The number of benzene rings is 1. The summed E-state index contributed by atoms with van der Waals surface area (Å²) in [6, 6.07) is 8.43. The minimum atomic E-state index is 0.225. The second kappa shape index (κ2) is 6.29. The van der Waals surface area contributed by atoms with E-state index in [0.717, 1.165) is 40.8 Å². The quantitative estimate of drug-likeness (QED) is 0.877. The van der Waals surface area contributed by atoms with Crippen molar-refractivity contribution in [2.45, 2.75) is 38.3 Å². The van der Waals surface area contributed by atoms with E-state index in [4.69, 9.17) is 9.15 Å². The number of rotatable bonds is 5. The smallest absolute Gasteiger partial charge is 0.134 e. The van der Waals surface area contributed by atoms with E-state index in [2.05, 4.69) is 40.3 Å². The molecule has 1 aromatic carbocycles. The lowest BCUT2D eigenvalue weighted by molar-refractivity contribution is 0.103. The minimum Gasteiger partial charge on any atom is -0.459 e. The Kier molecular flexibility index (Phi) is 4.44. The van der Waals surface area contributed by atoms with Crippen LogP contribution in [0.3, 0.4) is 0 Å². The first kappa shape index (κ1) is 14.1. The molecular formula is C16H20BrNO2. The summed E-state index contributed by atoms with van der Waals surface area (Å²) in [7, 11) is 0. The summed E-state index contributed by atoms with van der Waals surface area (Å²) < 4.78 is 12.6. The van der Waals surface area contributed by atoms with Gasteiger partial charge in [-0.2, -0.15) is 0 Å². The van der Waals surface area contributed by atoms with Crippen LogP contribution in [0.25, 0.3) is 11.0 Å². The summed E-state index contributed by atoms with van der Waals surface area (Å²) in [5.41, 5.74) is 0.941. The molecule has 0 amide bonds. The number of nitrogens with one attached hydrogen (secondary N) is 1. The average molecular weight is 338 g/mol. The van der Waals surface area contributed by atoms with Crippen LogP contribution in [0.2, 0.25) is 0 Å². The monoisotopic (exact) mass is 337 g/mol. The van der Waals surface area contributed by atoms with Crippen molar-refractivity contribution in [2.24, 2.45) is 0 Å². The Morgan fingerprint density at radius 1 is 1.40 bits per heavy atom. The van der Waals surface area contributed by atoms with Crippen LogP contribution in [-0.4, -0.2) is 19.3 Å². The molecule has 1 fully saturated rings. The molecule has 1 aromatic heterocycles. The second-order valence-electron chi connectivity index (χ2n) is 5.43. The van der Waals surface area contributed by atoms with Gasteiger partial charge >= 0.3 is 0 Å². The van der Waals surface area contributed by atoms with Gasteiger partial charge in [0, 0.05) is 16.5 Å². The van der Waals surface area contributed by atoms with Gasteiger partial charge in [0.1, 0.15) is 11.3 Å². The highest BCUT2D eigenvalue weighted by Crippen LogP contribution is 2.26. The van der Waals surface area contributed by atoms with E-state index in [1.54, 1.807) is 0 Å². The highest BCUT2D eigenvalue weighted by molar-refractivity contribution is 9.10. The number of halogens is 1. The van der Waals surface area contributed by atoms with Gasteiger partial charge < -0.3 is 14.5 Å². The van der Waals surface area contributed by atoms with Gasteiger partial charge in [0.2, 0.25) is 0 Å². The standard InChI is InChI=1S/C16H20BrNO2/c1-11(18-7-6-14-3-2-8-19-14)16-10-12-9-13(17)4-5-15(12)20-16/h4-5,9-11,14,18H,2-3,6-8H2,1H3. The van der Waals surface area contributed by atoms with E-state index in [0.29, 0.717) is 6.10 Å². The average Bonchev–Trinajstić information content (AvgIpc) is 3.06. The maximum atomic E-state index is 5.89. The first-order valence-corrected chi connectivity index (χ1v) is 8.05. The van der Waals surface area contributed by atoms with Crippen molar-refractivity contribution in [1.82, 2.24) is 5.32 Å². The van der Waals surface area contributed by atoms with Gasteiger partial charge in [-0.1, -0.05) is 15.9 Å². The molecule has 1 aliphatic rings. The van der Waals surface area contributed by atoms with Crippen molar-refractivity contribution in [3.63, 3.8) is 0 Å². The van der Waals surface area contributed by atoms with Crippen LogP contribution in [0, 0.1) is 0 Å². The summed E-state index contributed by atoms with van der Waals surface area (Å²) >= 11 is 3.49. The molecule has 108 valence electrons. The fourth-order valence-corrected chi connectivity index (χ4v) is 3.06. The van der Waals surface area contributed by atoms with E-state index in [1.807, 2.05) is 12.1 Å². The maximum absolute atomic E-state index is 5.89. The molecule has 2 atom stereocenters. The molecule has 20 heavy (non-hydrogen) atoms. The van der Waals surface area contributed by atoms with Crippen LogP contribution in [0.15, 0.2) is 33.2 Å². The second-order valence-corrected chi connectivity index (χ2v) is 6.35. The predicted molar refractivity (Wildman–Crippen MR) is 83.9 cm³/mol. The molecule has 0 radical (unpaired) electrons. The Labute approximate surface area is 127 Å². The van der Waals surface area contributed by atoms with Crippen molar-refractivity contribution < 1.29 is 9.15 Å². The first-order valence-electron chi connectivity index (χ1n) is 7.26. The SMILES string of the molecule is CC(NCCC1CCCO1)c1cc2cc(Br)ccc2o1. The number of hydrogen-bond acceptors (Lipinski definition) is 3. The molecule has 1 N–H and O–H groups in total. The highest BCUT2D eigenvalue weighted by atomic mass is 79.9. The molecular weight excluding hydrogens is 318 g/mol. The van der Waals surface area contributed by atoms with E-state index < -0.39 is 0 Å². The first-order chi connectivity index (χ1) is 9.72.